The van der Waals surface area contributed by atoms with E-state index in [0.29, 0.717) is 39.0 Å². The molecule has 7 nitrogen and oxygen atoms in total. The van der Waals surface area contributed by atoms with Crippen molar-refractivity contribution in [1.29, 1.82) is 0 Å². The molecule has 2 atom stereocenters. The molecule has 0 aliphatic carbocycles. The quantitative estimate of drug-likeness (QED) is 0.718. The van der Waals surface area contributed by atoms with E-state index in [1.54, 1.807) is 0 Å². The van der Waals surface area contributed by atoms with Gasteiger partial charge in [-0.3, -0.25) is 4.79 Å². The Morgan fingerprint density at radius 2 is 1.87 bits per heavy atom. The zero-order valence-corrected chi connectivity index (χ0v) is 15.0. The van der Waals surface area contributed by atoms with Crippen molar-refractivity contribution in [1.82, 2.24) is 13.9 Å². The third-order valence-corrected chi connectivity index (χ3v) is 5.83. The van der Waals surface area contributed by atoms with Crippen LogP contribution in [0.5, 0.6) is 0 Å². The lowest BCUT2D eigenvalue weighted by Gasteiger charge is -2.34. The van der Waals surface area contributed by atoms with E-state index in [1.165, 1.54) is 4.31 Å². The van der Waals surface area contributed by atoms with Gasteiger partial charge in [0.2, 0.25) is 5.91 Å². The summed E-state index contributed by atoms with van der Waals surface area (Å²) in [4.78, 5) is 13.8. The SMILES string of the molecule is CC1CN(S(=O)(=O)NCCCN2CCCCCC2=O)CC(C)O1. The molecule has 0 aromatic carbocycles. The molecule has 1 amide bonds. The number of hydrogen-bond donors (Lipinski definition) is 1. The van der Waals surface area contributed by atoms with Crippen LogP contribution in [0.25, 0.3) is 0 Å². The third kappa shape index (κ3) is 5.70. The summed E-state index contributed by atoms with van der Waals surface area (Å²) in [6.45, 7) is 6.29. The van der Waals surface area contributed by atoms with Crippen molar-refractivity contribution < 1.29 is 17.9 Å². The average Bonchev–Trinajstić information content (AvgIpc) is 2.67. The Morgan fingerprint density at radius 3 is 2.57 bits per heavy atom. The highest BCUT2D eigenvalue weighted by molar-refractivity contribution is 7.87. The number of morpholine rings is 1. The molecule has 2 fully saturated rings. The molecule has 2 aliphatic rings. The number of hydrogen-bond acceptors (Lipinski definition) is 4. The van der Waals surface area contributed by atoms with E-state index in [9.17, 15) is 13.2 Å². The summed E-state index contributed by atoms with van der Waals surface area (Å²) >= 11 is 0. The lowest BCUT2D eigenvalue weighted by Crippen LogP contribution is -2.52. The Bertz CT molecular complexity index is 487. The van der Waals surface area contributed by atoms with Crippen molar-refractivity contribution in [3.05, 3.63) is 0 Å². The highest BCUT2D eigenvalue weighted by Gasteiger charge is 2.30. The molecule has 0 saturated carbocycles. The first-order valence-corrected chi connectivity index (χ1v) is 10.0. The molecule has 1 N–H and O–H groups in total. The lowest BCUT2D eigenvalue weighted by molar-refractivity contribution is -0.130. The smallest absolute Gasteiger partial charge is 0.279 e. The number of rotatable bonds is 6. The van der Waals surface area contributed by atoms with E-state index in [-0.39, 0.29) is 18.1 Å². The summed E-state index contributed by atoms with van der Waals surface area (Å²) in [6, 6.07) is 0. The molecule has 8 heteroatoms. The first-order valence-electron chi connectivity index (χ1n) is 8.56. The Balaban J connectivity index is 1.75. The van der Waals surface area contributed by atoms with E-state index < -0.39 is 10.2 Å². The number of nitrogens with zero attached hydrogens (tertiary/aromatic N) is 2. The maximum atomic E-state index is 12.3. The van der Waals surface area contributed by atoms with Gasteiger partial charge in [0.1, 0.15) is 0 Å². The maximum absolute atomic E-state index is 12.3. The minimum Gasteiger partial charge on any atom is -0.373 e. The van der Waals surface area contributed by atoms with E-state index in [2.05, 4.69) is 4.72 Å². The second-order valence-corrected chi connectivity index (χ2v) is 8.27. The van der Waals surface area contributed by atoms with Crippen molar-refractivity contribution in [3.8, 4) is 0 Å². The molecule has 134 valence electrons. The van der Waals surface area contributed by atoms with Crippen LogP contribution in [0.4, 0.5) is 0 Å². The van der Waals surface area contributed by atoms with Gasteiger partial charge in [-0.05, 0) is 33.1 Å². The van der Waals surface area contributed by atoms with Gasteiger partial charge in [0.15, 0.2) is 0 Å². The normalized spacial score (nSPS) is 27.9. The van der Waals surface area contributed by atoms with Crippen molar-refractivity contribution >= 4 is 16.1 Å². The molecular formula is C15H29N3O4S. The fourth-order valence-corrected chi connectivity index (χ4v) is 4.56. The summed E-state index contributed by atoms with van der Waals surface area (Å²) in [5.74, 6) is 0.196. The van der Waals surface area contributed by atoms with Crippen LogP contribution in [-0.4, -0.2) is 68.5 Å². The van der Waals surface area contributed by atoms with Crippen LogP contribution in [0.1, 0.15) is 46.0 Å². The van der Waals surface area contributed by atoms with Crippen molar-refractivity contribution in [2.45, 2.75) is 58.2 Å². The number of likely N-dealkylation sites (tertiary alicyclic amines) is 1. The summed E-state index contributed by atoms with van der Waals surface area (Å²) < 4.78 is 34.3. The van der Waals surface area contributed by atoms with Crippen LogP contribution in [-0.2, 0) is 19.7 Å². The largest absolute Gasteiger partial charge is 0.373 e. The number of ether oxygens (including phenoxy) is 1. The van der Waals surface area contributed by atoms with Gasteiger partial charge in [-0.15, -0.1) is 0 Å². The minimum atomic E-state index is -3.47. The molecule has 2 aliphatic heterocycles. The Morgan fingerprint density at radius 1 is 1.17 bits per heavy atom. The average molecular weight is 347 g/mol. The van der Waals surface area contributed by atoms with Gasteiger partial charge in [0.25, 0.3) is 10.2 Å². The number of nitrogens with one attached hydrogen (secondary N) is 1. The number of carbonyl (C=O) groups excluding carboxylic acids is 1. The van der Waals surface area contributed by atoms with Gasteiger partial charge >= 0.3 is 0 Å². The lowest BCUT2D eigenvalue weighted by atomic mass is 10.2. The van der Waals surface area contributed by atoms with Crippen LogP contribution in [0.3, 0.4) is 0 Å². The van der Waals surface area contributed by atoms with Crippen molar-refractivity contribution in [2.24, 2.45) is 0 Å². The molecule has 0 spiro atoms. The minimum absolute atomic E-state index is 0.0925. The third-order valence-electron chi connectivity index (χ3n) is 4.29. The highest BCUT2D eigenvalue weighted by atomic mass is 32.2. The second-order valence-electron chi connectivity index (χ2n) is 6.52. The summed E-state index contributed by atoms with van der Waals surface area (Å²) in [5.41, 5.74) is 0. The first kappa shape index (κ1) is 18.6. The van der Waals surface area contributed by atoms with E-state index >= 15 is 0 Å². The molecule has 2 rings (SSSR count). The summed E-state index contributed by atoms with van der Waals surface area (Å²) in [6.07, 6.45) is 4.18. The van der Waals surface area contributed by atoms with Gasteiger partial charge in [0, 0.05) is 39.1 Å². The molecule has 23 heavy (non-hydrogen) atoms. The fourth-order valence-electron chi connectivity index (χ4n) is 3.16. The Kier molecular flexibility index (Phi) is 6.82. The molecule has 2 heterocycles. The molecule has 0 aromatic rings. The van der Waals surface area contributed by atoms with E-state index in [0.717, 1.165) is 25.8 Å². The molecule has 2 saturated heterocycles. The Hall–Kier alpha value is -0.700. The van der Waals surface area contributed by atoms with Gasteiger partial charge in [-0.25, -0.2) is 4.72 Å². The molecule has 2 unspecified atom stereocenters. The van der Waals surface area contributed by atoms with E-state index in [4.69, 9.17) is 4.74 Å². The van der Waals surface area contributed by atoms with Gasteiger partial charge in [0.05, 0.1) is 12.2 Å². The standard InChI is InChI=1S/C15H29N3O4S/c1-13-11-18(12-14(2)22-13)23(20,21)16-8-6-10-17-9-5-3-4-7-15(17)19/h13-14,16H,3-12H2,1-2H3. The highest BCUT2D eigenvalue weighted by Crippen LogP contribution is 2.14. The topological polar surface area (TPSA) is 79.0 Å². The molecule has 0 aromatic heterocycles. The van der Waals surface area contributed by atoms with Gasteiger partial charge < -0.3 is 9.64 Å². The summed E-state index contributed by atoms with van der Waals surface area (Å²) in [5, 5.41) is 0. The van der Waals surface area contributed by atoms with Crippen LogP contribution < -0.4 is 4.72 Å². The molecular weight excluding hydrogens is 318 g/mol. The van der Waals surface area contributed by atoms with Gasteiger partial charge in [-0.2, -0.15) is 12.7 Å². The van der Waals surface area contributed by atoms with Crippen molar-refractivity contribution in [2.75, 3.05) is 32.7 Å². The predicted molar refractivity (Wildman–Crippen MR) is 88.2 cm³/mol. The molecule has 0 radical (unpaired) electrons. The number of amides is 1. The van der Waals surface area contributed by atoms with Crippen LogP contribution >= 0.6 is 0 Å². The van der Waals surface area contributed by atoms with Crippen LogP contribution in [0.15, 0.2) is 0 Å². The van der Waals surface area contributed by atoms with Gasteiger partial charge in [-0.1, -0.05) is 6.42 Å². The monoisotopic (exact) mass is 347 g/mol. The molecule has 0 bridgehead atoms. The summed E-state index contributed by atoms with van der Waals surface area (Å²) in [7, 11) is -3.47. The predicted octanol–water partition coefficient (Wildman–Crippen LogP) is 0.723. The fraction of sp³-hybridized carbons (Fsp3) is 0.933. The second kappa shape index (κ2) is 8.41. The maximum Gasteiger partial charge on any atom is 0.279 e. The zero-order chi connectivity index (χ0) is 16.9. The van der Waals surface area contributed by atoms with Crippen molar-refractivity contribution in [3.63, 3.8) is 0 Å². The van der Waals surface area contributed by atoms with E-state index in [1.807, 2.05) is 18.7 Å². The zero-order valence-electron chi connectivity index (χ0n) is 14.2. The first-order chi connectivity index (χ1) is 10.9. The number of carbonyl (C=O) groups is 1. The van der Waals surface area contributed by atoms with Crippen LogP contribution in [0.2, 0.25) is 0 Å². The van der Waals surface area contributed by atoms with Crippen LogP contribution in [0, 0.1) is 0 Å². The Labute approximate surface area is 139 Å².